The van der Waals surface area contributed by atoms with Gasteiger partial charge in [-0.25, -0.2) is 13.8 Å². The molecule has 21 heavy (non-hydrogen) atoms. The first-order valence-electron chi connectivity index (χ1n) is 6.66. The first-order valence-corrected chi connectivity index (χ1v) is 6.66. The van der Waals surface area contributed by atoms with Crippen molar-refractivity contribution in [2.45, 2.75) is 32.9 Å². The Morgan fingerprint density at radius 1 is 1.14 bits per heavy atom. The lowest BCUT2D eigenvalue weighted by Gasteiger charge is -2.20. The maximum Gasteiger partial charge on any atom is 0.219 e. The molecule has 112 valence electrons. The van der Waals surface area contributed by atoms with E-state index in [1.807, 2.05) is 6.07 Å². The Labute approximate surface area is 123 Å². The van der Waals surface area contributed by atoms with Crippen molar-refractivity contribution in [2.75, 3.05) is 0 Å². The molecule has 0 bridgehead atoms. The number of pyridine rings is 1. The summed E-state index contributed by atoms with van der Waals surface area (Å²) in [6.07, 6.45) is 1.64. The van der Waals surface area contributed by atoms with Crippen LogP contribution in [0.15, 0.2) is 36.5 Å². The molecular weight excluding hydrogens is 274 g/mol. The molecular formula is C16H18F2N2O. The number of hydrogen-bond donors (Lipinski definition) is 1. The van der Waals surface area contributed by atoms with Crippen LogP contribution in [0.1, 0.15) is 26.3 Å². The van der Waals surface area contributed by atoms with E-state index in [2.05, 4.69) is 31.1 Å². The number of hydrogen-bond acceptors (Lipinski definition) is 3. The van der Waals surface area contributed by atoms with Crippen molar-refractivity contribution in [3.8, 4) is 11.6 Å². The second-order valence-corrected chi connectivity index (χ2v) is 5.79. The molecule has 0 fully saturated rings. The minimum Gasteiger partial charge on any atom is -0.436 e. The third kappa shape index (κ3) is 4.79. The van der Waals surface area contributed by atoms with E-state index in [1.165, 1.54) is 0 Å². The normalized spacial score (nSPS) is 11.5. The molecule has 0 aliphatic carbocycles. The fraction of sp³-hybridized carbons (Fsp3) is 0.312. The first kappa shape index (κ1) is 15.4. The Hall–Kier alpha value is -2.01. The summed E-state index contributed by atoms with van der Waals surface area (Å²) in [4.78, 5) is 4.09. The highest BCUT2D eigenvalue weighted by Crippen LogP contribution is 2.23. The highest BCUT2D eigenvalue weighted by atomic mass is 19.1. The fourth-order valence-corrected chi connectivity index (χ4v) is 1.61. The molecule has 5 heteroatoms. The zero-order valence-corrected chi connectivity index (χ0v) is 12.3. The van der Waals surface area contributed by atoms with E-state index in [0.29, 0.717) is 6.54 Å². The van der Waals surface area contributed by atoms with E-state index in [4.69, 9.17) is 4.74 Å². The van der Waals surface area contributed by atoms with Crippen LogP contribution in [0.2, 0.25) is 0 Å². The predicted molar refractivity (Wildman–Crippen MR) is 77.3 cm³/mol. The third-order valence-corrected chi connectivity index (χ3v) is 2.73. The molecule has 3 nitrogen and oxygen atoms in total. The van der Waals surface area contributed by atoms with Crippen molar-refractivity contribution in [3.63, 3.8) is 0 Å². The number of ether oxygens (including phenoxy) is 1. The van der Waals surface area contributed by atoms with E-state index in [1.54, 1.807) is 12.3 Å². The fourth-order valence-electron chi connectivity index (χ4n) is 1.61. The summed E-state index contributed by atoms with van der Waals surface area (Å²) in [5.41, 5.74) is 0.997. The van der Waals surface area contributed by atoms with Crippen LogP contribution in [0.5, 0.6) is 11.6 Å². The van der Waals surface area contributed by atoms with E-state index < -0.39 is 11.6 Å². The first-order chi connectivity index (χ1) is 9.83. The van der Waals surface area contributed by atoms with Crippen LogP contribution in [0, 0.1) is 11.6 Å². The number of halogens is 2. The van der Waals surface area contributed by atoms with E-state index in [9.17, 15) is 8.78 Å². The van der Waals surface area contributed by atoms with Crippen molar-refractivity contribution >= 4 is 0 Å². The van der Waals surface area contributed by atoms with Crippen molar-refractivity contribution in [1.82, 2.24) is 10.3 Å². The lowest BCUT2D eigenvalue weighted by atomic mass is 10.1. The van der Waals surface area contributed by atoms with Crippen LogP contribution in [-0.2, 0) is 6.54 Å². The lowest BCUT2D eigenvalue weighted by molar-refractivity contribution is 0.417. The van der Waals surface area contributed by atoms with E-state index in [0.717, 1.165) is 23.8 Å². The van der Waals surface area contributed by atoms with Gasteiger partial charge in [0.05, 0.1) is 0 Å². The Morgan fingerprint density at radius 2 is 1.90 bits per heavy atom. The average molecular weight is 292 g/mol. The van der Waals surface area contributed by atoms with Gasteiger partial charge in [0.15, 0.2) is 11.6 Å². The molecule has 0 amide bonds. The van der Waals surface area contributed by atoms with E-state index in [-0.39, 0.29) is 17.2 Å². The minimum absolute atomic E-state index is 0.0138. The standard InChI is InChI=1S/C16H18F2N2O/c1-16(2,3)20-10-11-4-7-15(19-9-11)21-14-8-12(17)5-6-13(14)18/h4-9,20H,10H2,1-3H3. The van der Waals surface area contributed by atoms with Gasteiger partial charge in [-0.05, 0) is 38.5 Å². The van der Waals surface area contributed by atoms with Gasteiger partial charge in [0, 0.05) is 30.4 Å². The number of rotatable bonds is 4. The topological polar surface area (TPSA) is 34.1 Å². The van der Waals surface area contributed by atoms with Crippen molar-refractivity contribution < 1.29 is 13.5 Å². The van der Waals surface area contributed by atoms with Gasteiger partial charge in [-0.1, -0.05) is 6.07 Å². The van der Waals surface area contributed by atoms with Gasteiger partial charge in [-0.2, -0.15) is 0 Å². The largest absolute Gasteiger partial charge is 0.436 e. The Bertz CT molecular complexity index is 607. The van der Waals surface area contributed by atoms with Crippen LogP contribution in [-0.4, -0.2) is 10.5 Å². The summed E-state index contributed by atoms with van der Waals surface area (Å²) in [6.45, 7) is 6.89. The van der Waals surface area contributed by atoms with Crippen molar-refractivity contribution in [1.29, 1.82) is 0 Å². The number of benzene rings is 1. The molecule has 0 atom stereocenters. The van der Waals surface area contributed by atoms with Gasteiger partial charge in [0.1, 0.15) is 5.82 Å². The van der Waals surface area contributed by atoms with Crippen LogP contribution in [0.25, 0.3) is 0 Å². The Morgan fingerprint density at radius 3 is 2.52 bits per heavy atom. The molecule has 2 aromatic rings. The summed E-state index contributed by atoms with van der Waals surface area (Å²) >= 11 is 0. The SMILES string of the molecule is CC(C)(C)NCc1ccc(Oc2cc(F)ccc2F)nc1. The van der Waals surface area contributed by atoms with Crippen molar-refractivity contribution in [2.24, 2.45) is 0 Å². The molecule has 0 aliphatic rings. The van der Waals surface area contributed by atoms with Crippen LogP contribution in [0.4, 0.5) is 8.78 Å². The molecule has 0 saturated carbocycles. The van der Waals surface area contributed by atoms with Gasteiger partial charge in [0.25, 0.3) is 0 Å². The highest BCUT2D eigenvalue weighted by molar-refractivity contribution is 5.29. The van der Waals surface area contributed by atoms with Crippen molar-refractivity contribution in [3.05, 3.63) is 53.7 Å². The molecule has 1 aromatic carbocycles. The Kier molecular flexibility index (Phi) is 4.53. The highest BCUT2D eigenvalue weighted by Gasteiger charge is 2.10. The molecule has 0 spiro atoms. The smallest absolute Gasteiger partial charge is 0.219 e. The number of nitrogens with zero attached hydrogens (tertiary/aromatic N) is 1. The molecule has 0 saturated heterocycles. The molecule has 2 rings (SSSR count). The number of nitrogens with one attached hydrogen (secondary N) is 1. The summed E-state index contributed by atoms with van der Waals surface area (Å²) < 4.78 is 31.8. The monoisotopic (exact) mass is 292 g/mol. The van der Waals surface area contributed by atoms with Crippen LogP contribution >= 0.6 is 0 Å². The molecule has 1 N–H and O–H groups in total. The van der Waals surface area contributed by atoms with Gasteiger partial charge >= 0.3 is 0 Å². The second kappa shape index (κ2) is 6.18. The quantitative estimate of drug-likeness (QED) is 0.923. The second-order valence-electron chi connectivity index (χ2n) is 5.79. The van der Waals surface area contributed by atoms with Gasteiger partial charge in [-0.15, -0.1) is 0 Å². The summed E-state index contributed by atoms with van der Waals surface area (Å²) in [6, 6.07) is 6.51. The molecule has 0 radical (unpaired) electrons. The Balaban J connectivity index is 2.04. The summed E-state index contributed by atoms with van der Waals surface area (Å²) in [5.74, 6) is -1.14. The zero-order chi connectivity index (χ0) is 15.5. The van der Waals surface area contributed by atoms with Crippen LogP contribution in [0.3, 0.4) is 0 Å². The maximum absolute atomic E-state index is 13.5. The summed E-state index contributed by atoms with van der Waals surface area (Å²) in [7, 11) is 0. The average Bonchev–Trinajstić information content (AvgIpc) is 2.41. The molecule has 0 aliphatic heterocycles. The predicted octanol–water partition coefficient (Wildman–Crippen LogP) is 4.04. The summed E-state index contributed by atoms with van der Waals surface area (Å²) in [5, 5.41) is 3.33. The van der Waals surface area contributed by atoms with E-state index >= 15 is 0 Å². The minimum atomic E-state index is -0.628. The van der Waals surface area contributed by atoms with Crippen LogP contribution < -0.4 is 10.1 Å². The zero-order valence-electron chi connectivity index (χ0n) is 12.3. The maximum atomic E-state index is 13.5. The molecule has 0 unspecified atom stereocenters. The lowest BCUT2D eigenvalue weighted by Crippen LogP contribution is -2.35. The molecule has 1 heterocycles. The van der Waals surface area contributed by atoms with Gasteiger partial charge < -0.3 is 10.1 Å². The van der Waals surface area contributed by atoms with Gasteiger partial charge in [-0.3, -0.25) is 0 Å². The molecule has 1 aromatic heterocycles. The van der Waals surface area contributed by atoms with Gasteiger partial charge in [0.2, 0.25) is 5.88 Å². The third-order valence-electron chi connectivity index (χ3n) is 2.73. The number of aromatic nitrogens is 1.